The third-order valence-corrected chi connectivity index (χ3v) is 6.18. The van der Waals surface area contributed by atoms with Gasteiger partial charge in [0, 0.05) is 18.1 Å². The van der Waals surface area contributed by atoms with Gasteiger partial charge in [-0.05, 0) is 44.4 Å². The van der Waals surface area contributed by atoms with Crippen LogP contribution in [0.15, 0.2) is 30.3 Å². The number of hydrogen-bond donors (Lipinski definition) is 0. The molecule has 0 atom stereocenters. The molecule has 0 spiro atoms. The average molecular weight is 495 g/mol. The van der Waals surface area contributed by atoms with Crippen molar-refractivity contribution in [1.29, 1.82) is 0 Å². The highest BCUT2D eigenvalue weighted by molar-refractivity contribution is 7.23. The van der Waals surface area contributed by atoms with Crippen LogP contribution in [0.1, 0.15) is 10.4 Å². The summed E-state index contributed by atoms with van der Waals surface area (Å²) in [6.45, 7) is 1.07. The third kappa shape index (κ3) is 5.26. The van der Waals surface area contributed by atoms with E-state index in [1.165, 1.54) is 11.3 Å². The fraction of sp³-hybridized carbons (Fsp3) is 0.263. The Labute approximate surface area is 194 Å². The fourth-order valence-electron chi connectivity index (χ4n) is 2.61. The molecule has 0 unspecified atom stereocenters. The predicted octanol–water partition coefficient (Wildman–Crippen LogP) is 5.90. The summed E-state index contributed by atoms with van der Waals surface area (Å²) >= 11 is 20.0. The zero-order valence-corrected chi connectivity index (χ0v) is 19.8. The number of likely N-dealkylation sites (N-methyl/N-ethyl adjacent to an activating group) is 1. The molecule has 10 heteroatoms. The molecule has 0 N–H and O–H groups in total. The molecule has 0 aliphatic carbocycles. The van der Waals surface area contributed by atoms with Crippen molar-refractivity contribution in [3.63, 3.8) is 0 Å². The molecule has 0 aliphatic rings. The molecule has 0 saturated carbocycles. The predicted molar refractivity (Wildman–Crippen MR) is 125 cm³/mol. The van der Waals surface area contributed by atoms with E-state index in [0.717, 1.165) is 4.70 Å². The van der Waals surface area contributed by atoms with Gasteiger partial charge in [-0.2, -0.15) is 0 Å². The van der Waals surface area contributed by atoms with Crippen molar-refractivity contribution in [2.45, 2.75) is 0 Å². The van der Waals surface area contributed by atoms with E-state index in [1.54, 1.807) is 42.3 Å². The van der Waals surface area contributed by atoms with Gasteiger partial charge in [0.05, 0.1) is 27.4 Å². The van der Waals surface area contributed by atoms with E-state index in [4.69, 9.17) is 39.5 Å². The molecule has 29 heavy (non-hydrogen) atoms. The van der Waals surface area contributed by atoms with Crippen molar-refractivity contribution in [1.82, 2.24) is 9.88 Å². The van der Waals surface area contributed by atoms with Crippen LogP contribution in [-0.4, -0.2) is 50.1 Å². The number of nitrogens with zero attached hydrogens (tertiary/aromatic N) is 3. The Morgan fingerprint density at radius 1 is 1.10 bits per heavy atom. The minimum Gasteiger partial charge on any atom is -0.494 e. The third-order valence-electron chi connectivity index (χ3n) is 4.07. The Morgan fingerprint density at radius 3 is 2.45 bits per heavy atom. The van der Waals surface area contributed by atoms with Gasteiger partial charge in [0.15, 0.2) is 5.13 Å². The molecule has 1 amide bonds. The number of carbonyl (C=O) groups is 1. The number of fused-ring (bicyclic) bond motifs is 1. The van der Waals surface area contributed by atoms with E-state index in [1.807, 2.05) is 19.0 Å². The van der Waals surface area contributed by atoms with Gasteiger partial charge in [0.1, 0.15) is 11.3 Å². The van der Waals surface area contributed by atoms with Crippen LogP contribution in [-0.2, 0) is 0 Å². The fourth-order valence-corrected chi connectivity index (χ4v) is 4.26. The summed E-state index contributed by atoms with van der Waals surface area (Å²) in [5.74, 6) is 0.325. The number of halogens is 4. The maximum atomic E-state index is 13.3. The van der Waals surface area contributed by atoms with Gasteiger partial charge in [0.25, 0.3) is 5.91 Å². The Kier molecular flexibility index (Phi) is 8.40. The first kappa shape index (κ1) is 24.0. The highest BCUT2D eigenvalue weighted by atomic mass is 35.5. The normalized spacial score (nSPS) is 10.9. The Bertz CT molecular complexity index is 1030. The molecule has 0 saturated heterocycles. The van der Waals surface area contributed by atoms with Crippen molar-refractivity contribution in [2.24, 2.45) is 0 Å². The number of ether oxygens (including phenoxy) is 1. The molecule has 5 nitrogen and oxygen atoms in total. The molecule has 1 aromatic heterocycles. The maximum Gasteiger partial charge on any atom is 0.261 e. The molecule has 1 heterocycles. The number of aromatic nitrogens is 1. The molecule has 2 aromatic carbocycles. The van der Waals surface area contributed by atoms with Crippen LogP contribution < -0.4 is 9.64 Å². The molecular weight excluding hydrogens is 476 g/mol. The van der Waals surface area contributed by atoms with Gasteiger partial charge in [-0.15, -0.1) is 12.4 Å². The van der Waals surface area contributed by atoms with E-state index in [9.17, 15) is 4.79 Å². The lowest BCUT2D eigenvalue weighted by Gasteiger charge is -2.22. The molecule has 156 valence electrons. The summed E-state index contributed by atoms with van der Waals surface area (Å²) in [7, 11) is 5.45. The van der Waals surface area contributed by atoms with Crippen LogP contribution in [0.4, 0.5) is 5.13 Å². The first-order valence-corrected chi connectivity index (χ1v) is 10.3. The molecule has 0 aliphatic heterocycles. The van der Waals surface area contributed by atoms with Gasteiger partial charge < -0.3 is 9.64 Å². The summed E-state index contributed by atoms with van der Waals surface area (Å²) in [6.07, 6.45) is 0. The van der Waals surface area contributed by atoms with Crippen LogP contribution in [0.3, 0.4) is 0 Å². The highest BCUT2D eigenvalue weighted by Crippen LogP contribution is 2.39. The maximum absolute atomic E-state index is 13.3. The minimum absolute atomic E-state index is 0. The van der Waals surface area contributed by atoms with Crippen LogP contribution in [0.5, 0.6) is 5.75 Å². The number of hydrogen-bond acceptors (Lipinski definition) is 5. The van der Waals surface area contributed by atoms with Crippen molar-refractivity contribution < 1.29 is 9.53 Å². The summed E-state index contributed by atoms with van der Waals surface area (Å²) in [6, 6.07) is 8.33. The van der Waals surface area contributed by atoms with E-state index in [0.29, 0.717) is 50.1 Å². The summed E-state index contributed by atoms with van der Waals surface area (Å²) < 4.78 is 6.15. The van der Waals surface area contributed by atoms with Crippen LogP contribution in [0.25, 0.3) is 10.2 Å². The minimum atomic E-state index is -0.275. The Morgan fingerprint density at radius 2 is 1.79 bits per heavy atom. The number of benzene rings is 2. The van der Waals surface area contributed by atoms with Gasteiger partial charge in [-0.3, -0.25) is 9.69 Å². The highest BCUT2D eigenvalue weighted by Gasteiger charge is 2.25. The number of methoxy groups -OCH3 is 1. The molecule has 3 aromatic rings. The van der Waals surface area contributed by atoms with E-state index in [-0.39, 0.29) is 18.3 Å². The lowest BCUT2D eigenvalue weighted by molar-refractivity contribution is 0.0985. The number of rotatable bonds is 6. The van der Waals surface area contributed by atoms with Crippen LogP contribution in [0.2, 0.25) is 15.1 Å². The van der Waals surface area contributed by atoms with Crippen LogP contribution >= 0.6 is 58.5 Å². The van der Waals surface area contributed by atoms with Crippen molar-refractivity contribution >= 4 is 79.8 Å². The monoisotopic (exact) mass is 493 g/mol. The second-order valence-electron chi connectivity index (χ2n) is 6.31. The zero-order valence-electron chi connectivity index (χ0n) is 15.9. The number of amides is 1. The molecule has 0 bridgehead atoms. The quantitative estimate of drug-likeness (QED) is 0.428. The van der Waals surface area contributed by atoms with E-state index < -0.39 is 0 Å². The topological polar surface area (TPSA) is 45.7 Å². The SMILES string of the molecule is COc1ccc(Cl)c2sc(N(CCN(C)C)C(=O)c3cc(Cl)ccc3Cl)nc12.Cl. The van der Waals surface area contributed by atoms with Crippen molar-refractivity contribution in [3.8, 4) is 5.75 Å². The Hall–Kier alpha value is -1.28. The summed E-state index contributed by atoms with van der Waals surface area (Å²) in [5.41, 5.74) is 0.945. The summed E-state index contributed by atoms with van der Waals surface area (Å²) in [4.78, 5) is 21.5. The molecular formula is C19H19Cl4N3O2S. The van der Waals surface area contributed by atoms with Gasteiger partial charge in [-0.25, -0.2) is 4.98 Å². The Balaban J connectivity index is 0.00000300. The standard InChI is InChI=1S/C19H18Cl3N3O2S.ClH/c1-24(2)8-9-25(18(26)12-10-11(20)4-5-13(12)21)19-23-16-15(27-3)7-6-14(22)17(16)28-19;/h4-7,10H,8-9H2,1-3H3;1H. The van der Waals surface area contributed by atoms with Crippen molar-refractivity contribution in [2.75, 3.05) is 39.2 Å². The van der Waals surface area contributed by atoms with Crippen LogP contribution in [0, 0.1) is 0 Å². The molecule has 0 fully saturated rings. The van der Waals surface area contributed by atoms with E-state index >= 15 is 0 Å². The van der Waals surface area contributed by atoms with Gasteiger partial charge >= 0.3 is 0 Å². The van der Waals surface area contributed by atoms with Gasteiger partial charge in [0.2, 0.25) is 0 Å². The largest absolute Gasteiger partial charge is 0.494 e. The second kappa shape index (κ2) is 10.2. The number of anilines is 1. The number of carbonyl (C=O) groups excluding carboxylic acids is 1. The average Bonchev–Trinajstić information content (AvgIpc) is 3.10. The smallest absolute Gasteiger partial charge is 0.261 e. The molecule has 3 rings (SSSR count). The first-order chi connectivity index (χ1) is 13.3. The van der Waals surface area contributed by atoms with Gasteiger partial charge in [-0.1, -0.05) is 46.1 Å². The zero-order chi connectivity index (χ0) is 20.4. The number of thiazole rings is 1. The summed E-state index contributed by atoms with van der Waals surface area (Å²) in [5, 5.41) is 1.85. The lowest BCUT2D eigenvalue weighted by Crippen LogP contribution is -2.36. The van der Waals surface area contributed by atoms with Crippen molar-refractivity contribution in [3.05, 3.63) is 51.0 Å². The lowest BCUT2D eigenvalue weighted by atomic mass is 10.2. The van der Waals surface area contributed by atoms with E-state index in [2.05, 4.69) is 4.98 Å². The first-order valence-electron chi connectivity index (χ1n) is 8.36. The second-order valence-corrected chi connectivity index (χ2v) is 8.54. The molecule has 0 radical (unpaired) electrons.